The smallest absolute Gasteiger partial charge is 0.143 e. The lowest BCUT2D eigenvalue weighted by molar-refractivity contribution is 0.210. The van der Waals surface area contributed by atoms with Crippen molar-refractivity contribution < 1.29 is 9.94 Å². The van der Waals surface area contributed by atoms with Crippen molar-refractivity contribution in [1.29, 1.82) is 0 Å². The van der Waals surface area contributed by atoms with Gasteiger partial charge in [0.2, 0.25) is 0 Å². The van der Waals surface area contributed by atoms with Gasteiger partial charge in [-0.05, 0) is 43.4 Å². The highest BCUT2D eigenvalue weighted by molar-refractivity contribution is 5.82. The van der Waals surface area contributed by atoms with Gasteiger partial charge in [0.05, 0.1) is 6.10 Å². The molecule has 0 unspecified atom stereocenters. The first-order valence-electron chi connectivity index (χ1n) is 6.00. The lowest BCUT2D eigenvalue weighted by Crippen LogP contribution is -2.14. The van der Waals surface area contributed by atoms with Crippen molar-refractivity contribution in [2.24, 2.45) is 10.9 Å². The van der Waals surface area contributed by atoms with E-state index in [-0.39, 0.29) is 5.84 Å². The Morgan fingerprint density at radius 1 is 1.29 bits per heavy atom. The molecular weight excluding hydrogens is 216 g/mol. The number of nitrogens with two attached hydrogens (primary N) is 1. The molecule has 1 aromatic carbocycles. The van der Waals surface area contributed by atoms with Gasteiger partial charge in [0.15, 0.2) is 0 Å². The number of oxime groups is 1. The maximum atomic E-state index is 8.48. The van der Waals surface area contributed by atoms with E-state index in [9.17, 15) is 0 Å². The standard InChI is InChI=1S/C13H18N2O2/c14-13(15-16)9-10-5-7-12(8-6-10)17-11-3-1-2-4-11/h5-8,11,16H,1-4,9H2,(H2,14,15). The van der Waals surface area contributed by atoms with E-state index in [2.05, 4.69) is 5.16 Å². The number of hydrogen-bond donors (Lipinski definition) is 2. The van der Waals surface area contributed by atoms with Gasteiger partial charge in [-0.1, -0.05) is 17.3 Å². The van der Waals surface area contributed by atoms with Crippen molar-refractivity contribution in [3.05, 3.63) is 29.8 Å². The van der Waals surface area contributed by atoms with Gasteiger partial charge in [0.25, 0.3) is 0 Å². The van der Waals surface area contributed by atoms with Gasteiger partial charge < -0.3 is 15.7 Å². The summed E-state index contributed by atoms with van der Waals surface area (Å²) in [4.78, 5) is 0. The van der Waals surface area contributed by atoms with Crippen LogP contribution in [-0.4, -0.2) is 17.1 Å². The van der Waals surface area contributed by atoms with Gasteiger partial charge in [-0.2, -0.15) is 0 Å². The van der Waals surface area contributed by atoms with Crippen LogP contribution < -0.4 is 10.5 Å². The zero-order chi connectivity index (χ0) is 12.1. The number of hydrogen-bond acceptors (Lipinski definition) is 3. The van der Waals surface area contributed by atoms with E-state index in [1.807, 2.05) is 24.3 Å². The maximum Gasteiger partial charge on any atom is 0.143 e. The van der Waals surface area contributed by atoms with Crippen LogP contribution >= 0.6 is 0 Å². The lowest BCUT2D eigenvalue weighted by atomic mass is 10.1. The Morgan fingerprint density at radius 2 is 1.94 bits per heavy atom. The Morgan fingerprint density at radius 3 is 2.53 bits per heavy atom. The van der Waals surface area contributed by atoms with Crippen molar-refractivity contribution in [1.82, 2.24) is 0 Å². The Bertz CT molecular complexity index is 381. The molecule has 17 heavy (non-hydrogen) atoms. The monoisotopic (exact) mass is 234 g/mol. The minimum atomic E-state index is 0.217. The molecule has 92 valence electrons. The van der Waals surface area contributed by atoms with E-state index in [0.29, 0.717) is 12.5 Å². The molecule has 1 aromatic rings. The Balaban J connectivity index is 1.92. The van der Waals surface area contributed by atoms with Crippen LogP contribution in [0.4, 0.5) is 0 Å². The Labute approximate surface area is 101 Å². The van der Waals surface area contributed by atoms with Gasteiger partial charge in [0, 0.05) is 6.42 Å². The van der Waals surface area contributed by atoms with Gasteiger partial charge in [0.1, 0.15) is 11.6 Å². The van der Waals surface area contributed by atoms with Crippen molar-refractivity contribution in [2.45, 2.75) is 38.2 Å². The fourth-order valence-electron chi connectivity index (χ4n) is 2.13. The molecule has 3 N–H and O–H groups in total. The maximum absolute atomic E-state index is 8.48. The van der Waals surface area contributed by atoms with Crippen molar-refractivity contribution in [2.75, 3.05) is 0 Å². The van der Waals surface area contributed by atoms with E-state index < -0.39 is 0 Å². The second-order valence-electron chi connectivity index (χ2n) is 4.44. The molecular formula is C13H18N2O2. The predicted octanol–water partition coefficient (Wildman–Crippen LogP) is 2.30. The summed E-state index contributed by atoms with van der Waals surface area (Å²) in [7, 11) is 0. The van der Waals surface area contributed by atoms with Gasteiger partial charge in [-0.25, -0.2) is 0 Å². The first-order valence-corrected chi connectivity index (χ1v) is 6.00. The summed E-state index contributed by atoms with van der Waals surface area (Å²) in [6.45, 7) is 0. The van der Waals surface area contributed by atoms with Crippen LogP contribution in [0.5, 0.6) is 5.75 Å². The Kier molecular flexibility index (Phi) is 3.85. The number of rotatable bonds is 4. The fraction of sp³-hybridized carbons (Fsp3) is 0.462. The third-order valence-corrected chi connectivity index (χ3v) is 3.04. The minimum absolute atomic E-state index is 0.217. The number of ether oxygens (including phenoxy) is 1. The summed E-state index contributed by atoms with van der Waals surface area (Å²) in [5.74, 6) is 1.12. The molecule has 4 heteroatoms. The highest BCUT2D eigenvalue weighted by Crippen LogP contribution is 2.24. The molecule has 1 fully saturated rings. The molecule has 4 nitrogen and oxygen atoms in total. The summed E-state index contributed by atoms with van der Waals surface area (Å²) < 4.78 is 5.85. The molecule has 0 amide bonds. The van der Waals surface area contributed by atoms with Crippen LogP contribution in [0.1, 0.15) is 31.2 Å². The fourth-order valence-corrected chi connectivity index (χ4v) is 2.13. The van der Waals surface area contributed by atoms with Crippen LogP contribution in [0.3, 0.4) is 0 Å². The van der Waals surface area contributed by atoms with Crippen molar-refractivity contribution in [3.63, 3.8) is 0 Å². The molecule has 2 rings (SSSR count). The SMILES string of the molecule is N/C(Cc1ccc(OC2CCCC2)cc1)=N\O. The molecule has 0 spiro atoms. The van der Waals surface area contributed by atoms with E-state index in [4.69, 9.17) is 15.7 Å². The van der Waals surface area contributed by atoms with Crippen molar-refractivity contribution in [3.8, 4) is 5.75 Å². The summed E-state index contributed by atoms with van der Waals surface area (Å²) in [5, 5.41) is 11.4. The highest BCUT2D eigenvalue weighted by atomic mass is 16.5. The summed E-state index contributed by atoms with van der Waals surface area (Å²) >= 11 is 0. The second kappa shape index (κ2) is 5.57. The number of nitrogens with zero attached hydrogens (tertiary/aromatic N) is 1. The molecule has 1 saturated carbocycles. The van der Waals surface area contributed by atoms with Crippen LogP contribution in [-0.2, 0) is 6.42 Å². The molecule has 0 atom stereocenters. The van der Waals surface area contributed by atoms with Crippen LogP contribution in [0.2, 0.25) is 0 Å². The number of benzene rings is 1. The van der Waals surface area contributed by atoms with Gasteiger partial charge in [-0.15, -0.1) is 0 Å². The molecule has 0 saturated heterocycles. The lowest BCUT2D eigenvalue weighted by Gasteiger charge is -2.13. The van der Waals surface area contributed by atoms with Crippen LogP contribution in [0.15, 0.2) is 29.4 Å². The first-order chi connectivity index (χ1) is 8.28. The summed E-state index contributed by atoms with van der Waals surface area (Å²) in [5.41, 5.74) is 6.46. The minimum Gasteiger partial charge on any atom is -0.490 e. The van der Waals surface area contributed by atoms with Gasteiger partial charge >= 0.3 is 0 Å². The largest absolute Gasteiger partial charge is 0.490 e. The second-order valence-corrected chi connectivity index (χ2v) is 4.44. The molecule has 0 radical (unpaired) electrons. The predicted molar refractivity (Wildman–Crippen MR) is 66.4 cm³/mol. The molecule has 0 bridgehead atoms. The summed E-state index contributed by atoms with van der Waals surface area (Å²) in [6, 6.07) is 7.78. The highest BCUT2D eigenvalue weighted by Gasteiger charge is 2.16. The molecule has 1 aliphatic carbocycles. The van der Waals surface area contributed by atoms with E-state index in [1.54, 1.807) is 0 Å². The molecule has 1 aliphatic rings. The van der Waals surface area contributed by atoms with E-state index in [1.165, 1.54) is 12.8 Å². The first kappa shape index (κ1) is 11.8. The van der Waals surface area contributed by atoms with Gasteiger partial charge in [-0.3, -0.25) is 0 Å². The topological polar surface area (TPSA) is 67.8 Å². The third-order valence-electron chi connectivity index (χ3n) is 3.04. The molecule has 0 aromatic heterocycles. The van der Waals surface area contributed by atoms with Crippen LogP contribution in [0, 0.1) is 0 Å². The van der Waals surface area contributed by atoms with Crippen LogP contribution in [0.25, 0.3) is 0 Å². The molecule has 0 aliphatic heterocycles. The normalized spacial score (nSPS) is 17.3. The van der Waals surface area contributed by atoms with E-state index in [0.717, 1.165) is 24.2 Å². The quantitative estimate of drug-likeness (QED) is 0.363. The average Bonchev–Trinajstić information content (AvgIpc) is 2.84. The average molecular weight is 234 g/mol. The summed E-state index contributed by atoms with van der Waals surface area (Å²) in [6.07, 6.45) is 5.70. The zero-order valence-corrected chi connectivity index (χ0v) is 9.80. The third kappa shape index (κ3) is 3.37. The molecule has 0 heterocycles. The van der Waals surface area contributed by atoms with Crippen molar-refractivity contribution >= 4 is 5.84 Å². The number of amidine groups is 1. The van der Waals surface area contributed by atoms with E-state index >= 15 is 0 Å². The zero-order valence-electron chi connectivity index (χ0n) is 9.80. The Hall–Kier alpha value is -1.71.